The van der Waals surface area contributed by atoms with Gasteiger partial charge in [-0.15, -0.1) is 0 Å². The van der Waals surface area contributed by atoms with Crippen molar-refractivity contribution in [2.24, 2.45) is 5.92 Å². The molecule has 1 saturated heterocycles. The molecule has 1 aliphatic heterocycles. The van der Waals surface area contributed by atoms with Gasteiger partial charge in [0, 0.05) is 12.1 Å². The number of thiazole rings is 1. The molecular formula is C19H24N4O3S. The predicted molar refractivity (Wildman–Crippen MR) is 104 cm³/mol. The van der Waals surface area contributed by atoms with Crippen LogP contribution in [0.15, 0.2) is 24.5 Å². The summed E-state index contributed by atoms with van der Waals surface area (Å²) in [6, 6.07) is 5.75. The summed E-state index contributed by atoms with van der Waals surface area (Å²) in [5.41, 5.74) is 0.978. The molecule has 0 spiro atoms. The van der Waals surface area contributed by atoms with Crippen LogP contribution in [0.2, 0.25) is 0 Å². The first-order valence-corrected chi connectivity index (χ1v) is 9.92. The van der Waals surface area contributed by atoms with Crippen LogP contribution in [0.3, 0.4) is 0 Å². The lowest BCUT2D eigenvalue weighted by Gasteiger charge is -2.37. The molecule has 27 heavy (non-hydrogen) atoms. The van der Waals surface area contributed by atoms with Gasteiger partial charge in [-0.1, -0.05) is 30.4 Å². The first kappa shape index (κ1) is 18.1. The minimum Gasteiger partial charge on any atom is -0.493 e. The summed E-state index contributed by atoms with van der Waals surface area (Å²) in [7, 11) is 3.29. The van der Waals surface area contributed by atoms with Gasteiger partial charge < -0.3 is 14.6 Å². The van der Waals surface area contributed by atoms with Crippen LogP contribution in [0.5, 0.6) is 17.4 Å². The molecule has 2 atom stereocenters. The largest absolute Gasteiger partial charge is 0.493 e. The molecular weight excluding hydrogens is 364 g/mol. The van der Waals surface area contributed by atoms with Gasteiger partial charge in [0.1, 0.15) is 6.33 Å². The van der Waals surface area contributed by atoms with Crippen molar-refractivity contribution < 1.29 is 14.6 Å². The van der Waals surface area contributed by atoms with Gasteiger partial charge >= 0.3 is 0 Å². The van der Waals surface area contributed by atoms with Crippen LogP contribution >= 0.6 is 11.3 Å². The van der Waals surface area contributed by atoms with E-state index in [2.05, 4.69) is 21.9 Å². The van der Waals surface area contributed by atoms with E-state index >= 15 is 0 Å². The Morgan fingerprint density at radius 2 is 2.15 bits per heavy atom. The molecule has 0 aliphatic carbocycles. The van der Waals surface area contributed by atoms with E-state index < -0.39 is 0 Å². The molecule has 0 saturated carbocycles. The molecule has 1 aliphatic rings. The molecule has 3 heterocycles. The standard InChI is InChI=1S/C19H24N4O3S/c1-12-6-5-9-22(10-12)15(13-7-4-8-14(25-2)16(13)26-3)17-18(24)23-19(27-17)20-11-21-23/h4,7-8,11-12,15,24H,5-6,9-10H2,1-3H3. The van der Waals surface area contributed by atoms with Gasteiger partial charge in [-0.2, -0.15) is 9.61 Å². The van der Waals surface area contributed by atoms with Crippen molar-refractivity contribution in [2.75, 3.05) is 27.3 Å². The molecule has 0 amide bonds. The molecule has 0 bridgehead atoms. The fourth-order valence-electron chi connectivity index (χ4n) is 3.96. The smallest absolute Gasteiger partial charge is 0.230 e. The zero-order valence-electron chi connectivity index (χ0n) is 15.8. The lowest BCUT2D eigenvalue weighted by molar-refractivity contribution is 0.147. The van der Waals surface area contributed by atoms with E-state index in [-0.39, 0.29) is 11.9 Å². The zero-order valence-corrected chi connectivity index (χ0v) is 16.6. The number of nitrogens with zero attached hydrogens (tertiary/aromatic N) is 4. The Hall–Kier alpha value is -2.32. The summed E-state index contributed by atoms with van der Waals surface area (Å²) in [5, 5.41) is 15.0. The van der Waals surface area contributed by atoms with Crippen LogP contribution in [-0.2, 0) is 0 Å². The molecule has 1 N–H and O–H groups in total. The minimum absolute atomic E-state index is 0.139. The number of benzene rings is 1. The van der Waals surface area contributed by atoms with Crippen molar-refractivity contribution >= 4 is 16.3 Å². The fraction of sp³-hybridized carbons (Fsp3) is 0.474. The second kappa shape index (κ2) is 7.36. The van der Waals surface area contributed by atoms with Crippen molar-refractivity contribution in [1.82, 2.24) is 19.5 Å². The minimum atomic E-state index is -0.147. The summed E-state index contributed by atoms with van der Waals surface area (Å²) in [6.07, 6.45) is 3.81. The van der Waals surface area contributed by atoms with Crippen LogP contribution in [-0.4, -0.2) is 51.9 Å². The van der Waals surface area contributed by atoms with Crippen molar-refractivity contribution in [2.45, 2.75) is 25.8 Å². The number of piperidine rings is 1. The highest BCUT2D eigenvalue weighted by atomic mass is 32.1. The molecule has 1 aromatic carbocycles. The van der Waals surface area contributed by atoms with Crippen LogP contribution < -0.4 is 9.47 Å². The Balaban J connectivity index is 1.89. The van der Waals surface area contributed by atoms with E-state index in [1.807, 2.05) is 18.2 Å². The number of rotatable bonds is 5. The van der Waals surface area contributed by atoms with E-state index in [1.54, 1.807) is 14.2 Å². The van der Waals surface area contributed by atoms with Gasteiger partial charge in [0.25, 0.3) is 0 Å². The number of methoxy groups -OCH3 is 2. The van der Waals surface area contributed by atoms with Crippen LogP contribution in [0.25, 0.3) is 4.96 Å². The summed E-state index contributed by atoms with van der Waals surface area (Å²) < 4.78 is 12.7. The van der Waals surface area contributed by atoms with Crippen LogP contribution in [0.4, 0.5) is 0 Å². The molecule has 144 valence electrons. The van der Waals surface area contributed by atoms with Gasteiger partial charge in [-0.3, -0.25) is 4.90 Å². The first-order valence-electron chi connectivity index (χ1n) is 9.10. The highest BCUT2D eigenvalue weighted by Gasteiger charge is 2.34. The van der Waals surface area contributed by atoms with Gasteiger partial charge in [0.15, 0.2) is 11.5 Å². The Bertz CT molecular complexity index is 938. The lowest BCUT2D eigenvalue weighted by Crippen LogP contribution is -2.37. The van der Waals surface area contributed by atoms with E-state index in [9.17, 15) is 5.11 Å². The number of hydrogen-bond acceptors (Lipinski definition) is 7. The number of para-hydroxylation sites is 1. The van der Waals surface area contributed by atoms with Crippen molar-refractivity contribution in [1.29, 1.82) is 0 Å². The predicted octanol–water partition coefficient (Wildman–Crippen LogP) is 3.33. The fourth-order valence-corrected chi connectivity index (χ4v) is 5.05. The van der Waals surface area contributed by atoms with Gasteiger partial charge in [-0.25, -0.2) is 4.98 Å². The van der Waals surface area contributed by atoms with Crippen molar-refractivity contribution in [3.63, 3.8) is 0 Å². The maximum Gasteiger partial charge on any atom is 0.230 e. The lowest BCUT2D eigenvalue weighted by atomic mass is 9.95. The summed E-state index contributed by atoms with van der Waals surface area (Å²) >= 11 is 1.46. The third kappa shape index (κ3) is 3.12. The molecule has 0 radical (unpaired) electrons. The maximum absolute atomic E-state index is 10.9. The van der Waals surface area contributed by atoms with Gasteiger partial charge in [-0.05, 0) is 31.4 Å². The molecule has 2 aromatic heterocycles. The van der Waals surface area contributed by atoms with E-state index in [0.29, 0.717) is 22.4 Å². The normalized spacial score (nSPS) is 19.3. The number of aromatic nitrogens is 3. The Labute approximate surface area is 162 Å². The van der Waals surface area contributed by atoms with E-state index in [0.717, 1.165) is 30.0 Å². The Morgan fingerprint density at radius 1 is 1.30 bits per heavy atom. The molecule has 1 fully saturated rings. The van der Waals surface area contributed by atoms with Gasteiger partial charge in [0.2, 0.25) is 10.8 Å². The second-order valence-corrected chi connectivity index (χ2v) is 7.98. The SMILES string of the molecule is COc1cccc(C(c2sc3ncnn3c2O)N2CCCC(C)C2)c1OC. The number of fused-ring (bicyclic) bond motifs is 1. The van der Waals surface area contributed by atoms with E-state index in [4.69, 9.17) is 9.47 Å². The third-order valence-electron chi connectivity index (χ3n) is 5.17. The third-order valence-corrected chi connectivity index (χ3v) is 6.26. The average Bonchev–Trinajstić information content (AvgIpc) is 3.25. The first-order chi connectivity index (χ1) is 13.1. The van der Waals surface area contributed by atoms with Crippen molar-refractivity contribution in [3.05, 3.63) is 35.0 Å². The monoisotopic (exact) mass is 388 g/mol. The highest BCUT2D eigenvalue weighted by Crippen LogP contribution is 2.46. The number of likely N-dealkylation sites (tertiary alicyclic amines) is 1. The quantitative estimate of drug-likeness (QED) is 0.723. The van der Waals surface area contributed by atoms with Crippen LogP contribution in [0.1, 0.15) is 36.2 Å². The average molecular weight is 388 g/mol. The Morgan fingerprint density at radius 3 is 2.85 bits per heavy atom. The number of ether oxygens (including phenoxy) is 2. The molecule has 2 unspecified atom stereocenters. The summed E-state index contributed by atoms with van der Waals surface area (Å²) in [6.45, 7) is 4.19. The highest BCUT2D eigenvalue weighted by molar-refractivity contribution is 7.17. The Kier molecular flexibility index (Phi) is 4.92. The van der Waals surface area contributed by atoms with Gasteiger partial charge in [0.05, 0.1) is 25.1 Å². The summed E-state index contributed by atoms with van der Waals surface area (Å²) in [4.78, 5) is 8.17. The molecule has 4 rings (SSSR count). The zero-order chi connectivity index (χ0) is 19.0. The van der Waals surface area contributed by atoms with Crippen LogP contribution in [0, 0.1) is 5.92 Å². The number of aromatic hydroxyl groups is 1. The molecule has 7 nitrogen and oxygen atoms in total. The molecule has 8 heteroatoms. The topological polar surface area (TPSA) is 72.1 Å². The van der Waals surface area contributed by atoms with E-state index in [1.165, 1.54) is 28.6 Å². The second-order valence-electron chi connectivity index (χ2n) is 6.97. The summed E-state index contributed by atoms with van der Waals surface area (Å²) in [5.74, 6) is 2.12. The molecule has 3 aromatic rings. The number of hydrogen-bond donors (Lipinski definition) is 1. The van der Waals surface area contributed by atoms with Crippen molar-refractivity contribution in [3.8, 4) is 17.4 Å². The maximum atomic E-state index is 10.9.